The number of aryl methyl sites for hydroxylation is 1. The van der Waals surface area contributed by atoms with Gasteiger partial charge in [-0.05, 0) is 20.5 Å². The lowest BCUT2D eigenvalue weighted by Crippen LogP contribution is -2.29. The molecule has 0 aliphatic heterocycles. The summed E-state index contributed by atoms with van der Waals surface area (Å²) in [6.45, 7) is 4.01. The Hall–Kier alpha value is -1.40. The van der Waals surface area contributed by atoms with E-state index in [2.05, 4.69) is 46.2 Å². The summed E-state index contributed by atoms with van der Waals surface area (Å²) < 4.78 is 0. The van der Waals surface area contributed by atoms with Gasteiger partial charge >= 0.3 is 0 Å². The zero-order valence-corrected chi connectivity index (χ0v) is 11.8. The van der Waals surface area contributed by atoms with E-state index in [0.717, 1.165) is 37.6 Å². The second-order valence-electron chi connectivity index (χ2n) is 4.65. The Kier molecular flexibility index (Phi) is 5.80. The van der Waals surface area contributed by atoms with Gasteiger partial charge in [0.2, 0.25) is 0 Å². The maximum atomic E-state index is 5.44. The Morgan fingerprint density at radius 3 is 2.50 bits per heavy atom. The minimum atomic E-state index is 0.667. The first-order valence-electron chi connectivity index (χ1n) is 6.27. The van der Waals surface area contributed by atoms with E-state index >= 15 is 0 Å². The van der Waals surface area contributed by atoms with E-state index in [9.17, 15) is 0 Å². The van der Waals surface area contributed by atoms with Crippen LogP contribution in [0.25, 0.3) is 0 Å². The third-order valence-corrected chi connectivity index (χ3v) is 2.65. The molecule has 1 aromatic rings. The lowest BCUT2D eigenvalue weighted by Gasteiger charge is -2.21. The van der Waals surface area contributed by atoms with Gasteiger partial charge in [-0.3, -0.25) is 0 Å². The van der Waals surface area contributed by atoms with Crippen LogP contribution in [-0.2, 0) is 6.42 Å². The van der Waals surface area contributed by atoms with Gasteiger partial charge in [0.15, 0.2) is 0 Å². The number of nitrogens with one attached hydrogen (secondary N) is 1. The van der Waals surface area contributed by atoms with Crippen LogP contribution >= 0.6 is 0 Å². The SMILES string of the molecule is CCCc1nc(NN)cc(N(C)CCN(C)C)n1. The first kappa shape index (κ1) is 14.7. The molecule has 18 heavy (non-hydrogen) atoms. The van der Waals surface area contributed by atoms with Gasteiger partial charge in [0.25, 0.3) is 0 Å². The predicted molar refractivity (Wildman–Crippen MR) is 75.7 cm³/mol. The molecule has 0 aliphatic carbocycles. The molecule has 0 saturated carbocycles. The molecular weight excluding hydrogens is 228 g/mol. The first-order valence-corrected chi connectivity index (χ1v) is 6.27. The number of hydrogen-bond donors (Lipinski definition) is 2. The smallest absolute Gasteiger partial charge is 0.145 e. The van der Waals surface area contributed by atoms with Crippen LogP contribution in [0.15, 0.2) is 6.07 Å². The highest BCUT2D eigenvalue weighted by Gasteiger charge is 2.08. The Bertz CT molecular complexity index is 366. The molecule has 3 N–H and O–H groups in total. The highest BCUT2D eigenvalue weighted by Crippen LogP contribution is 2.14. The molecule has 1 aromatic heterocycles. The second-order valence-corrected chi connectivity index (χ2v) is 4.65. The molecule has 0 aromatic carbocycles. The van der Waals surface area contributed by atoms with Gasteiger partial charge in [-0.15, -0.1) is 0 Å². The molecule has 1 heterocycles. The summed E-state index contributed by atoms with van der Waals surface area (Å²) in [7, 11) is 6.15. The van der Waals surface area contributed by atoms with E-state index < -0.39 is 0 Å². The Balaban J connectivity index is 2.82. The highest BCUT2D eigenvalue weighted by atomic mass is 15.3. The monoisotopic (exact) mass is 252 g/mol. The molecule has 0 spiro atoms. The van der Waals surface area contributed by atoms with Crippen molar-refractivity contribution in [3.8, 4) is 0 Å². The molecule has 0 saturated heterocycles. The normalized spacial score (nSPS) is 10.8. The first-order chi connectivity index (χ1) is 8.56. The molecule has 0 amide bonds. The molecule has 1 rings (SSSR count). The van der Waals surface area contributed by atoms with Crippen LogP contribution in [0.5, 0.6) is 0 Å². The van der Waals surface area contributed by atoms with Crippen molar-refractivity contribution in [1.82, 2.24) is 14.9 Å². The van der Waals surface area contributed by atoms with Gasteiger partial charge in [-0.25, -0.2) is 15.8 Å². The average Bonchev–Trinajstić information content (AvgIpc) is 2.35. The summed E-state index contributed by atoms with van der Waals surface area (Å²) in [5.41, 5.74) is 2.60. The summed E-state index contributed by atoms with van der Waals surface area (Å²) in [6.07, 6.45) is 1.89. The van der Waals surface area contributed by atoms with Crippen molar-refractivity contribution in [2.24, 2.45) is 5.84 Å². The van der Waals surface area contributed by atoms with E-state index in [-0.39, 0.29) is 0 Å². The number of anilines is 2. The van der Waals surface area contributed by atoms with Crippen LogP contribution in [0.4, 0.5) is 11.6 Å². The van der Waals surface area contributed by atoms with Gasteiger partial charge in [-0.2, -0.15) is 0 Å². The van der Waals surface area contributed by atoms with E-state index in [1.807, 2.05) is 13.1 Å². The summed E-state index contributed by atoms with van der Waals surface area (Å²) >= 11 is 0. The summed E-state index contributed by atoms with van der Waals surface area (Å²) in [4.78, 5) is 13.1. The fourth-order valence-corrected chi connectivity index (χ4v) is 1.55. The second kappa shape index (κ2) is 7.13. The van der Waals surface area contributed by atoms with E-state index in [4.69, 9.17) is 5.84 Å². The third kappa shape index (κ3) is 4.46. The third-order valence-electron chi connectivity index (χ3n) is 2.65. The minimum absolute atomic E-state index is 0.667. The number of hydrogen-bond acceptors (Lipinski definition) is 6. The minimum Gasteiger partial charge on any atom is -0.358 e. The van der Waals surface area contributed by atoms with Gasteiger partial charge < -0.3 is 15.2 Å². The fourth-order valence-electron chi connectivity index (χ4n) is 1.55. The van der Waals surface area contributed by atoms with Crippen LogP contribution in [-0.4, -0.2) is 49.1 Å². The van der Waals surface area contributed by atoms with Crippen molar-refractivity contribution in [3.63, 3.8) is 0 Å². The molecule has 6 nitrogen and oxygen atoms in total. The molecule has 102 valence electrons. The van der Waals surface area contributed by atoms with Crippen molar-refractivity contribution >= 4 is 11.6 Å². The standard InChI is InChI=1S/C12H24N6/c1-5-6-10-14-11(16-13)9-12(15-10)18(4)8-7-17(2)3/h9H,5-8,13H2,1-4H3,(H,14,15,16). The van der Waals surface area contributed by atoms with Crippen LogP contribution in [0.1, 0.15) is 19.2 Å². The number of rotatable bonds is 7. The Morgan fingerprint density at radius 1 is 1.22 bits per heavy atom. The zero-order valence-electron chi connectivity index (χ0n) is 11.8. The van der Waals surface area contributed by atoms with Crippen LogP contribution in [0.3, 0.4) is 0 Å². The van der Waals surface area contributed by atoms with Gasteiger partial charge in [0.05, 0.1) is 0 Å². The average molecular weight is 252 g/mol. The molecule has 0 unspecified atom stereocenters. The summed E-state index contributed by atoms with van der Waals surface area (Å²) in [5.74, 6) is 7.84. The van der Waals surface area contributed by atoms with Crippen molar-refractivity contribution in [2.75, 3.05) is 44.6 Å². The maximum absolute atomic E-state index is 5.44. The molecular formula is C12H24N6. The van der Waals surface area contributed by atoms with Gasteiger partial charge in [-0.1, -0.05) is 6.92 Å². The molecule has 0 atom stereocenters. The highest BCUT2D eigenvalue weighted by molar-refractivity contribution is 5.48. The molecule has 0 aliphatic rings. The quantitative estimate of drug-likeness (QED) is 0.550. The van der Waals surface area contributed by atoms with Gasteiger partial charge in [0, 0.05) is 32.6 Å². The predicted octanol–water partition coefficient (Wildman–Crippen LogP) is 0.713. The molecule has 0 fully saturated rings. The zero-order chi connectivity index (χ0) is 13.5. The van der Waals surface area contributed by atoms with Crippen LogP contribution < -0.4 is 16.2 Å². The maximum Gasteiger partial charge on any atom is 0.145 e. The van der Waals surface area contributed by atoms with Crippen LogP contribution in [0, 0.1) is 0 Å². The fraction of sp³-hybridized carbons (Fsp3) is 0.667. The topological polar surface area (TPSA) is 70.3 Å². The molecule has 0 bridgehead atoms. The van der Waals surface area contributed by atoms with Crippen molar-refractivity contribution in [1.29, 1.82) is 0 Å². The number of hydrazine groups is 1. The van der Waals surface area contributed by atoms with E-state index in [0.29, 0.717) is 5.82 Å². The van der Waals surface area contributed by atoms with Crippen molar-refractivity contribution in [3.05, 3.63) is 11.9 Å². The summed E-state index contributed by atoms with van der Waals surface area (Å²) in [5, 5.41) is 0. The molecule has 6 heteroatoms. The van der Waals surface area contributed by atoms with E-state index in [1.54, 1.807) is 0 Å². The number of nitrogens with two attached hydrogens (primary N) is 1. The Labute approximate surface area is 109 Å². The lowest BCUT2D eigenvalue weighted by molar-refractivity contribution is 0.416. The van der Waals surface area contributed by atoms with Crippen molar-refractivity contribution in [2.45, 2.75) is 19.8 Å². The number of nitrogen functional groups attached to an aromatic ring is 1. The van der Waals surface area contributed by atoms with Gasteiger partial charge in [0.1, 0.15) is 17.5 Å². The number of nitrogens with zero attached hydrogens (tertiary/aromatic N) is 4. The number of likely N-dealkylation sites (N-methyl/N-ethyl adjacent to an activating group) is 2. The van der Waals surface area contributed by atoms with Crippen LogP contribution in [0.2, 0.25) is 0 Å². The van der Waals surface area contributed by atoms with Crippen molar-refractivity contribution < 1.29 is 0 Å². The molecule has 0 radical (unpaired) electrons. The Morgan fingerprint density at radius 2 is 1.94 bits per heavy atom. The number of aromatic nitrogens is 2. The lowest BCUT2D eigenvalue weighted by atomic mass is 10.3. The summed E-state index contributed by atoms with van der Waals surface area (Å²) in [6, 6.07) is 1.87. The largest absolute Gasteiger partial charge is 0.358 e. The van der Waals surface area contributed by atoms with E-state index in [1.165, 1.54) is 0 Å².